The van der Waals surface area contributed by atoms with Crippen molar-refractivity contribution >= 4 is 28.7 Å². The van der Waals surface area contributed by atoms with Gasteiger partial charge in [0.25, 0.3) is 5.56 Å². The molecule has 0 saturated heterocycles. The first-order chi connectivity index (χ1) is 11.5. The second-order valence-electron chi connectivity index (χ2n) is 5.37. The summed E-state index contributed by atoms with van der Waals surface area (Å²) in [5, 5.41) is 10.1. The Labute approximate surface area is 137 Å². The minimum absolute atomic E-state index is 0.178. The fourth-order valence-electron chi connectivity index (χ4n) is 2.16. The number of aromatic amines is 1. The van der Waals surface area contributed by atoms with E-state index in [4.69, 9.17) is 0 Å². The number of anilines is 2. The Morgan fingerprint density at radius 3 is 2.92 bits per heavy atom. The third-order valence-electron chi connectivity index (χ3n) is 3.43. The number of nitrogens with one attached hydrogen (secondary N) is 3. The van der Waals surface area contributed by atoms with E-state index >= 15 is 0 Å². The normalized spacial score (nSPS) is 10.8. The minimum atomic E-state index is -0.274. The molecule has 0 spiro atoms. The molecular formula is C15H17N7O2. The van der Waals surface area contributed by atoms with Crippen LogP contribution in [-0.4, -0.2) is 37.2 Å². The third kappa shape index (κ3) is 3.40. The zero-order chi connectivity index (χ0) is 17.1. The van der Waals surface area contributed by atoms with Crippen LogP contribution in [0.15, 0.2) is 29.3 Å². The Bertz CT molecular complexity index is 927. The summed E-state index contributed by atoms with van der Waals surface area (Å²) >= 11 is 0. The lowest BCUT2D eigenvalue weighted by molar-refractivity contribution is -0.116. The van der Waals surface area contributed by atoms with Gasteiger partial charge in [-0.2, -0.15) is 10.1 Å². The molecule has 0 aliphatic heterocycles. The first-order valence-electron chi connectivity index (χ1n) is 7.41. The monoisotopic (exact) mass is 327 g/mol. The predicted octanol–water partition coefficient (Wildman–Crippen LogP) is 0.801. The van der Waals surface area contributed by atoms with Gasteiger partial charge in [-0.25, -0.2) is 4.98 Å². The number of aryl methyl sites for hydroxylation is 2. The van der Waals surface area contributed by atoms with E-state index in [1.54, 1.807) is 19.3 Å². The van der Waals surface area contributed by atoms with Crippen LogP contribution in [0.2, 0.25) is 0 Å². The molecule has 1 amide bonds. The van der Waals surface area contributed by atoms with Crippen LogP contribution < -0.4 is 16.2 Å². The number of pyridine rings is 1. The van der Waals surface area contributed by atoms with Gasteiger partial charge in [0.15, 0.2) is 5.65 Å². The van der Waals surface area contributed by atoms with E-state index < -0.39 is 0 Å². The largest absolute Gasteiger partial charge is 0.355 e. The van der Waals surface area contributed by atoms with Gasteiger partial charge >= 0.3 is 0 Å². The lowest BCUT2D eigenvalue weighted by atomic mass is 10.3. The van der Waals surface area contributed by atoms with Gasteiger partial charge in [0.05, 0.1) is 6.20 Å². The van der Waals surface area contributed by atoms with Crippen LogP contribution in [0.1, 0.15) is 12.0 Å². The van der Waals surface area contributed by atoms with Crippen molar-refractivity contribution in [2.45, 2.75) is 13.3 Å². The molecule has 9 nitrogen and oxygen atoms in total. The average Bonchev–Trinajstić information content (AvgIpc) is 2.92. The first-order valence-corrected chi connectivity index (χ1v) is 7.41. The van der Waals surface area contributed by atoms with Crippen molar-refractivity contribution < 1.29 is 4.79 Å². The summed E-state index contributed by atoms with van der Waals surface area (Å²) in [7, 11) is 1.71. The molecule has 0 aromatic carbocycles. The Morgan fingerprint density at radius 2 is 2.17 bits per heavy atom. The quantitative estimate of drug-likeness (QED) is 0.638. The maximum absolute atomic E-state index is 11.9. The van der Waals surface area contributed by atoms with Gasteiger partial charge in [0.2, 0.25) is 11.9 Å². The second kappa shape index (κ2) is 6.49. The molecular weight excluding hydrogens is 310 g/mol. The van der Waals surface area contributed by atoms with Gasteiger partial charge in [0.1, 0.15) is 11.2 Å². The number of hydrogen-bond acceptors (Lipinski definition) is 6. The van der Waals surface area contributed by atoms with Crippen molar-refractivity contribution in [2.75, 3.05) is 17.2 Å². The highest BCUT2D eigenvalue weighted by Crippen LogP contribution is 2.07. The molecule has 0 atom stereocenters. The summed E-state index contributed by atoms with van der Waals surface area (Å²) in [6.45, 7) is 2.25. The van der Waals surface area contributed by atoms with Crippen molar-refractivity contribution in [1.29, 1.82) is 0 Å². The van der Waals surface area contributed by atoms with Crippen LogP contribution in [-0.2, 0) is 11.8 Å². The maximum Gasteiger partial charge on any atom is 0.263 e. The Kier molecular flexibility index (Phi) is 4.23. The third-order valence-corrected chi connectivity index (χ3v) is 3.43. The molecule has 0 radical (unpaired) electrons. The summed E-state index contributed by atoms with van der Waals surface area (Å²) in [5.74, 6) is 0.633. The van der Waals surface area contributed by atoms with Crippen molar-refractivity contribution in [3.8, 4) is 0 Å². The van der Waals surface area contributed by atoms with E-state index in [1.165, 1.54) is 10.9 Å². The van der Waals surface area contributed by atoms with Gasteiger partial charge in [0, 0.05) is 26.2 Å². The van der Waals surface area contributed by atoms with Crippen LogP contribution in [0, 0.1) is 6.92 Å². The molecule has 3 N–H and O–H groups in total. The van der Waals surface area contributed by atoms with E-state index in [9.17, 15) is 9.59 Å². The molecule has 0 saturated carbocycles. The van der Waals surface area contributed by atoms with E-state index in [1.807, 2.05) is 13.0 Å². The Balaban J connectivity index is 1.58. The number of H-pyrrole nitrogens is 1. The molecule has 3 aromatic heterocycles. The molecule has 9 heteroatoms. The summed E-state index contributed by atoms with van der Waals surface area (Å²) in [5.41, 5.74) is 1.23. The Hall–Kier alpha value is -3.23. The number of rotatable bonds is 5. The SMILES string of the molecule is Cc1ccc(NC(=O)CCNc2nc3c(cnn3C)c(=O)[nH]2)nc1. The maximum atomic E-state index is 11.9. The number of nitrogens with zero attached hydrogens (tertiary/aromatic N) is 4. The van der Waals surface area contributed by atoms with E-state index in [2.05, 4.69) is 30.7 Å². The van der Waals surface area contributed by atoms with Crippen LogP contribution >= 0.6 is 0 Å². The van der Waals surface area contributed by atoms with E-state index in [0.717, 1.165) is 5.56 Å². The second-order valence-corrected chi connectivity index (χ2v) is 5.37. The first kappa shape index (κ1) is 15.7. The molecule has 3 heterocycles. The lowest BCUT2D eigenvalue weighted by Gasteiger charge is -2.07. The number of carbonyl (C=O) groups excluding carboxylic acids is 1. The Morgan fingerprint density at radius 1 is 1.33 bits per heavy atom. The summed E-state index contributed by atoms with van der Waals surface area (Å²) in [6, 6.07) is 3.62. The van der Waals surface area contributed by atoms with Crippen molar-refractivity contribution in [1.82, 2.24) is 24.7 Å². The molecule has 0 unspecified atom stereocenters. The molecule has 0 aliphatic rings. The highest BCUT2D eigenvalue weighted by Gasteiger charge is 2.08. The summed E-state index contributed by atoms with van der Waals surface area (Å²) < 4.78 is 1.52. The van der Waals surface area contributed by atoms with E-state index in [0.29, 0.717) is 29.3 Å². The van der Waals surface area contributed by atoms with Crippen molar-refractivity contribution in [2.24, 2.45) is 7.05 Å². The zero-order valence-corrected chi connectivity index (χ0v) is 13.3. The summed E-state index contributed by atoms with van der Waals surface area (Å²) in [6.07, 6.45) is 3.36. The lowest BCUT2D eigenvalue weighted by Crippen LogP contribution is -2.19. The number of carbonyl (C=O) groups is 1. The number of amides is 1. The molecule has 0 aliphatic carbocycles. The molecule has 24 heavy (non-hydrogen) atoms. The smallest absolute Gasteiger partial charge is 0.263 e. The van der Waals surface area contributed by atoms with Crippen LogP contribution in [0.25, 0.3) is 11.0 Å². The molecule has 3 aromatic rings. The molecule has 0 bridgehead atoms. The number of fused-ring (bicyclic) bond motifs is 1. The predicted molar refractivity (Wildman–Crippen MR) is 89.8 cm³/mol. The fraction of sp³-hybridized carbons (Fsp3) is 0.267. The van der Waals surface area contributed by atoms with Crippen LogP contribution in [0.3, 0.4) is 0 Å². The van der Waals surface area contributed by atoms with Gasteiger partial charge in [-0.05, 0) is 18.6 Å². The van der Waals surface area contributed by atoms with Gasteiger partial charge in [-0.1, -0.05) is 6.07 Å². The van der Waals surface area contributed by atoms with Crippen molar-refractivity contribution in [3.05, 3.63) is 40.4 Å². The van der Waals surface area contributed by atoms with Crippen LogP contribution in [0.5, 0.6) is 0 Å². The van der Waals surface area contributed by atoms with Crippen molar-refractivity contribution in [3.63, 3.8) is 0 Å². The molecule has 124 valence electrons. The van der Waals surface area contributed by atoms with Gasteiger partial charge in [-0.3, -0.25) is 19.3 Å². The van der Waals surface area contributed by atoms with Crippen LogP contribution in [0.4, 0.5) is 11.8 Å². The van der Waals surface area contributed by atoms with E-state index in [-0.39, 0.29) is 17.9 Å². The average molecular weight is 327 g/mol. The standard InChI is InChI=1S/C15H17N7O2/c1-9-3-4-11(17-7-9)19-12(23)5-6-16-15-20-13-10(14(24)21-15)8-18-22(13)2/h3-4,7-8H,5-6H2,1-2H3,(H,17,19,23)(H2,16,20,21,24). The number of hydrogen-bond donors (Lipinski definition) is 3. The molecule has 3 rings (SSSR count). The molecule has 0 fully saturated rings. The van der Waals surface area contributed by atoms with Gasteiger partial charge in [-0.15, -0.1) is 0 Å². The number of aromatic nitrogens is 5. The highest BCUT2D eigenvalue weighted by atomic mass is 16.1. The summed E-state index contributed by atoms with van der Waals surface area (Å²) in [4.78, 5) is 34.8. The van der Waals surface area contributed by atoms with Gasteiger partial charge < -0.3 is 10.6 Å². The zero-order valence-electron chi connectivity index (χ0n) is 13.3. The minimum Gasteiger partial charge on any atom is -0.355 e. The fourth-order valence-corrected chi connectivity index (χ4v) is 2.16. The highest BCUT2D eigenvalue weighted by molar-refractivity contribution is 5.90. The topological polar surface area (TPSA) is 118 Å².